The summed E-state index contributed by atoms with van der Waals surface area (Å²) in [5, 5.41) is 32.7. The van der Waals surface area contributed by atoms with Gasteiger partial charge < -0.3 is 62.7 Å². The van der Waals surface area contributed by atoms with E-state index in [2.05, 4.69) is 0 Å². The van der Waals surface area contributed by atoms with Crippen molar-refractivity contribution in [2.75, 3.05) is 13.2 Å². The van der Waals surface area contributed by atoms with Gasteiger partial charge in [0.05, 0.1) is 37.4 Å². The molecule has 2 spiro atoms. The first-order chi connectivity index (χ1) is 27.1. The number of ether oxygens (including phenoxy) is 10. The molecule has 5 aliphatic heterocycles. The standard InChI is InChI=1S/C40H52O17/c1-19-17-48-40(16-28(19)54-29(43)14-11-24-9-7-6-8-10-24)39(18-49-39)26-13-12-25(15-27(26)57-40)36(47)56-38-35(34(53-23(5)42)31(45)21(3)51-38)55-37-32(46)33(52-22(4)41)30(44)20(2)50-37/h6-11,14,19-21,25-28,30-35,37-38,44-46H,12-13,15-18H2,1-5H3/t19-,20-,21-,25+,26-,27+,28-,30+,31-,32+,33-,34-,35-,37+,38+,39-,40-/m0/s1. The number of benzene rings is 1. The molecule has 6 fully saturated rings. The number of aliphatic hydroxyl groups is 3. The van der Waals surface area contributed by atoms with Gasteiger partial charge in [-0.15, -0.1) is 0 Å². The van der Waals surface area contributed by atoms with Gasteiger partial charge in [-0.2, -0.15) is 0 Å². The summed E-state index contributed by atoms with van der Waals surface area (Å²) < 4.78 is 59.4. The monoisotopic (exact) mass is 804 g/mol. The molecule has 7 rings (SSSR count). The molecule has 0 amide bonds. The molecule has 0 aromatic heterocycles. The molecule has 17 heteroatoms. The van der Waals surface area contributed by atoms with Gasteiger partial charge in [0.1, 0.15) is 24.4 Å². The molecule has 1 aliphatic carbocycles. The molecule has 1 aromatic carbocycles. The summed E-state index contributed by atoms with van der Waals surface area (Å²) in [6.45, 7) is 7.81. The number of rotatable bonds is 9. The van der Waals surface area contributed by atoms with Crippen LogP contribution in [0.15, 0.2) is 36.4 Å². The van der Waals surface area contributed by atoms with Crippen molar-refractivity contribution in [3.63, 3.8) is 0 Å². The van der Waals surface area contributed by atoms with Crippen LogP contribution in [-0.2, 0) is 66.5 Å². The molecular formula is C40H52O17. The molecule has 0 radical (unpaired) electrons. The van der Waals surface area contributed by atoms with Crippen LogP contribution in [0.1, 0.15) is 65.9 Å². The van der Waals surface area contributed by atoms with E-state index in [4.69, 9.17) is 47.4 Å². The maximum Gasteiger partial charge on any atom is 0.331 e. The zero-order valence-corrected chi connectivity index (χ0v) is 32.5. The third-order valence-corrected chi connectivity index (χ3v) is 12.0. The molecular weight excluding hydrogens is 752 g/mol. The Balaban J connectivity index is 1.04. The lowest BCUT2D eigenvalue weighted by Gasteiger charge is -2.46. The summed E-state index contributed by atoms with van der Waals surface area (Å²) in [5.74, 6) is -4.80. The lowest BCUT2D eigenvalue weighted by Crippen LogP contribution is -2.64. The van der Waals surface area contributed by atoms with E-state index in [1.165, 1.54) is 19.9 Å². The van der Waals surface area contributed by atoms with Gasteiger partial charge >= 0.3 is 23.9 Å². The number of epoxide rings is 1. The van der Waals surface area contributed by atoms with E-state index in [0.29, 0.717) is 19.4 Å². The van der Waals surface area contributed by atoms with Crippen LogP contribution in [0.4, 0.5) is 0 Å². The second-order valence-electron chi connectivity index (χ2n) is 16.0. The Hall–Kier alpha value is -3.52. The number of aliphatic hydroxyl groups excluding tert-OH is 3. The minimum Gasteiger partial charge on any atom is -0.459 e. The number of hydrogen-bond donors (Lipinski definition) is 3. The Labute approximate surface area is 329 Å². The van der Waals surface area contributed by atoms with Crippen molar-refractivity contribution in [1.82, 2.24) is 0 Å². The van der Waals surface area contributed by atoms with Crippen LogP contribution >= 0.6 is 0 Å². The Morgan fingerprint density at radius 2 is 1.44 bits per heavy atom. The van der Waals surface area contributed by atoms with Crippen molar-refractivity contribution < 1.29 is 81.9 Å². The average Bonchev–Trinajstić information content (AvgIpc) is 3.94. The van der Waals surface area contributed by atoms with Crippen molar-refractivity contribution in [3.05, 3.63) is 42.0 Å². The smallest absolute Gasteiger partial charge is 0.331 e. The van der Waals surface area contributed by atoms with E-state index < -0.39 is 115 Å². The molecule has 1 saturated carbocycles. The molecule has 1 aromatic rings. The van der Waals surface area contributed by atoms with Gasteiger partial charge in [-0.05, 0) is 44.7 Å². The third-order valence-electron chi connectivity index (χ3n) is 12.0. The predicted octanol–water partition coefficient (Wildman–Crippen LogP) is 1.31. The normalized spacial score (nSPS) is 44.0. The molecule has 57 heavy (non-hydrogen) atoms. The van der Waals surface area contributed by atoms with Gasteiger partial charge in [0.2, 0.25) is 12.1 Å². The van der Waals surface area contributed by atoms with E-state index in [1.54, 1.807) is 6.08 Å². The summed E-state index contributed by atoms with van der Waals surface area (Å²) in [6.07, 6.45) is -10.6. The minimum atomic E-state index is -1.73. The Morgan fingerprint density at radius 3 is 2.11 bits per heavy atom. The number of fused-ring (bicyclic) bond motifs is 3. The number of esters is 4. The van der Waals surface area contributed by atoms with Crippen molar-refractivity contribution >= 4 is 30.0 Å². The van der Waals surface area contributed by atoms with E-state index in [-0.39, 0.29) is 31.3 Å². The summed E-state index contributed by atoms with van der Waals surface area (Å²) >= 11 is 0. The molecule has 17 nitrogen and oxygen atoms in total. The highest BCUT2D eigenvalue weighted by Crippen LogP contribution is 2.62. The first kappa shape index (κ1) is 41.6. The average molecular weight is 805 g/mol. The Bertz CT molecular complexity index is 1670. The molecule has 0 bridgehead atoms. The van der Waals surface area contributed by atoms with Gasteiger partial charge in [-0.25, -0.2) is 4.79 Å². The fraction of sp³-hybridized carbons (Fsp3) is 0.700. The quantitative estimate of drug-likeness (QED) is 0.139. The molecule has 17 atom stereocenters. The van der Waals surface area contributed by atoms with Crippen LogP contribution in [0.2, 0.25) is 0 Å². The van der Waals surface area contributed by atoms with Gasteiger partial charge in [0, 0.05) is 38.2 Å². The predicted molar refractivity (Wildman–Crippen MR) is 191 cm³/mol. The van der Waals surface area contributed by atoms with Crippen LogP contribution in [0.5, 0.6) is 0 Å². The lowest BCUT2D eigenvalue weighted by molar-refractivity contribution is -0.358. The maximum absolute atomic E-state index is 14.0. The second-order valence-corrected chi connectivity index (χ2v) is 16.0. The lowest BCUT2D eigenvalue weighted by atomic mass is 9.72. The van der Waals surface area contributed by atoms with Crippen LogP contribution in [0.3, 0.4) is 0 Å². The van der Waals surface area contributed by atoms with E-state index in [9.17, 15) is 34.5 Å². The van der Waals surface area contributed by atoms with Crippen LogP contribution in [0.25, 0.3) is 6.08 Å². The summed E-state index contributed by atoms with van der Waals surface area (Å²) in [6, 6.07) is 9.42. The van der Waals surface area contributed by atoms with E-state index >= 15 is 0 Å². The highest BCUT2D eigenvalue weighted by Gasteiger charge is 2.76. The maximum atomic E-state index is 14.0. The van der Waals surface area contributed by atoms with Crippen LogP contribution < -0.4 is 0 Å². The molecule has 0 unspecified atom stereocenters. The van der Waals surface area contributed by atoms with Gasteiger partial charge in [0.25, 0.3) is 0 Å². The SMILES string of the molecule is CC(=O)O[C@@H]1[C@@H](O)[C@@H](O[C@@H]2[C@@H](OC(=O)[C@@H]3CC[C@H]4[C@@H](C3)O[C@@]3(C[C@H](OC(=O)C=Cc5ccccc5)[C@@H](C)CO3)[C@]43CO3)O[C@@H](C)[C@H](O)[C@@H]2OC(C)=O)O[C@@H](C)[C@H]1O. The topological polar surface area (TPSA) is 225 Å². The highest BCUT2D eigenvalue weighted by atomic mass is 16.8. The molecule has 314 valence electrons. The molecule has 5 heterocycles. The fourth-order valence-corrected chi connectivity index (χ4v) is 8.85. The number of hydrogen-bond acceptors (Lipinski definition) is 17. The van der Waals surface area contributed by atoms with Gasteiger partial charge in [0.15, 0.2) is 30.2 Å². The Morgan fingerprint density at radius 1 is 0.789 bits per heavy atom. The first-order valence-electron chi connectivity index (χ1n) is 19.6. The molecule has 3 N–H and O–H groups in total. The minimum absolute atomic E-state index is 0.109. The summed E-state index contributed by atoms with van der Waals surface area (Å²) in [5.41, 5.74) is 0.102. The van der Waals surface area contributed by atoms with Crippen LogP contribution in [-0.4, -0.2) is 137 Å². The van der Waals surface area contributed by atoms with E-state index in [0.717, 1.165) is 19.4 Å². The zero-order chi connectivity index (χ0) is 40.8. The van der Waals surface area contributed by atoms with Crippen molar-refractivity contribution in [2.24, 2.45) is 17.8 Å². The van der Waals surface area contributed by atoms with Gasteiger partial charge in [-0.1, -0.05) is 37.3 Å². The van der Waals surface area contributed by atoms with Crippen molar-refractivity contribution in [2.45, 2.75) is 145 Å². The largest absolute Gasteiger partial charge is 0.459 e. The summed E-state index contributed by atoms with van der Waals surface area (Å²) in [7, 11) is 0. The Kier molecular flexibility index (Phi) is 12.1. The molecule has 6 aliphatic rings. The van der Waals surface area contributed by atoms with Gasteiger partial charge in [-0.3, -0.25) is 14.4 Å². The fourth-order valence-electron chi connectivity index (χ4n) is 8.85. The summed E-state index contributed by atoms with van der Waals surface area (Å²) in [4.78, 5) is 50.9. The first-order valence-corrected chi connectivity index (χ1v) is 19.6. The second kappa shape index (κ2) is 16.6. The van der Waals surface area contributed by atoms with E-state index in [1.807, 2.05) is 37.3 Å². The van der Waals surface area contributed by atoms with Crippen LogP contribution in [0, 0.1) is 17.8 Å². The molecule has 5 saturated heterocycles. The van der Waals surface area contributed by atoms with Crippen molar-refractivity contribution in [1.29, 1.82) is 0 Å². The van der Waals surface area contributed by atoms with Crippen molar-refractivity contribution in [3.8, 4) is 0 Å². The number of carbonyl (C=O) groups excluding carboxylic acids is 4. The third kappa shape index (κ3) is 8.36. The highest BCUT2D eigenvalue weighted by molar-refractivity contribution is 5.87. The number of carbonyl (C=O) groups is 4. The zero-order valence-electron chi connectivity index (χ0n) is 32.5.